The average Bonchev–Trinajstić information content (AvgIpc) is 2.35. The van der Waals surface area contributed by atoms with E-state index in [-0.39, 0.29) is 23.9 Å². The fraction of sp³-hybridized carbons (Fsp3) is 0.467. The number of nitrogens with one attached hydrogen (secondary N) is 1. The molecule has 0 aliphatic rings. The fourth-order valence-electron chi connectivity index (χ4n) is 1.84. The molecule has 0 unspecified atom stereocenters. The zero-order valence-electron chi connectivity index (χ0n) is 13.2. The first-order valence-electron chi connectivity index (χ1n) is 6.64. The molecule has 21 heavy (non-hydrogen) atoms. The van der Waals surface area contributed by atoms with E-state index in [0.717, 1.165) is 0 Å². The molecule has 0 aliphatic carbocycles. The minimum Gasteiger partial charge on any atom is -0.496 e. The van der Waals surface area contributed by atoms with Crippen LogP contribution in [0, 0.1) is 0 Å². The molecule has 0 fully saturated rings. The molecule has 0 saturated carbocycles. The van der Waals surface area contributed by atoms with Gasteiger partial charge in [-0.25, -0.2) is 0 Å². The van der Waals surface area contributed by atoms with E-state index in [1.54, 1.807) is 25.2 Å². The van der Waals surface area contributed by atoms with Crippen LogP contribution in [-0.2, 0) is 4.79 Å². The molecule has 6 heteroatoms. The molecule has 0 aliphatic heterocycles. The first kappa shape index (κ1) is 16.8. The van der Waals surface area contributed by atoms with E-state index in [9.17, 15) is 9.59 Å². The van der Waals surface area contributed by atoms with Crippen LogP contribution in [0.5, 0.6) is 5.75 Å². The summed E-state index contributed by atoms with van der Waals surface area (Å²) in [5, 5.41) is 2.81. The molecule has 6 nitrogen and oxygen atoms in total. The van der Waals surface area contributed by atoms with Crippen molar-refractivity contribution in [2.45, 2.75) is 26.3 Å². The average molecular weight is 293 g/mol. The number of rotatable bonds is 4. The number of amides is 2. The minimum absolute atomic E-state index is 0.0242. The number of hydrogen-bond donors (Lipinski definition) is 2. The number of nitrogens with zero attached hydrogens (tertiary/aromatic N) is 1. The Kier molecular flexibility index (Phi) is 5.18. The Morgan fingerprint density at radius 1 is 1.33 bits per heavy atom. The number of carbonyl (C=O) groups is 2. The summed E-state index contributed by atoms with van der Waals surface area (Å²) in [4.78, 5) is 25.6. The quantitative estimate of drug-likeness (QED) is 0.819. The molecule has 0 radical (unpaired) electrons. The number of ether oxygens (including phenoxy) is 1. The Morgan fingerprint density at radius 2 is 1.95 bits per heavy atom. The molecule has 0 bridgehead atoms. The highest BCUT2D eigenvalue weighted by Crippen LogP contribution is 2.22. The van der Waals surface area contributed by atoms with Gasteiger partial charge in [0, 0.05) is 24.3 Å². The second-order valence-electron chi connectivity index (χ2n) is 5.92. The number of methoxy groups -OCH3 is 1. The molecule has 0 spiro atoms. The monoisotopic (exact) mass is 293 g/mol. The number of nitrogens with two attached hydrogens (primary N) is 1. The van der Waals surface area contributed by atoms with Crippen LogP contribution >= 0.6 is 0 Å². The maximum Gasteiger partial charge on any atom is 0.257 e. The predicted octanol–water partition coefficient (Wildman–Crippen LogP) is 1.26. The van der Waals surface area contributed by atoms with Crippen LogP contribution < -0.4 is 15.8 Å². The van der Waals surface area contributed by atoms with E-state index in [1.807, 2.05) is 20.8 Å². The first-order valence-corrected chi connectivity index (χ1v) is 6.64. The topological polar surface area (TPSA) is 84.7 Å². The lowest BCUT2D eigenvalue weighted by Gasteiger charge is -2.23. The van der Waals surface area contributed by atoms with Crippen LogP contribution in [0.3, 0.4) is 0 Å². The maximum absolute atomic E-state index is 12.4. The van der Waals surface area contributed by atoms with Crippen LogP contribution in [0.15, 0.2) is 18.2 Å². The van der Waals surface area contributed by atoms with Gasteiger partial charge in [-0.2, -0.15) is 0 Å². The second kappa shape index (κ2) is 6.47. The summed E-state index contributed by atoms with van der Waals surface area (Å²) in [6.07, 6.45) is 0. The third-order valence-corrected chi connectivity index (χ3v) is 2.70. The SMILES string of the molecule is COc1cc(N)ccc1C(=O)N(C)CC(=O)NC(C)(C)C. The van der Waals surface area contributed by atoms with Gasteiger partial charge in [-0.15, -0.1) is 0 Å². The molecular weight excluding hydrogens is 270 g/mol. The Morgan fingerprint density at radius 3 is 2.48 bits per heavy atom. The highest BCUT2D eigenvalue weighted by Gasteiger charge is 2.21. The fourth-order valence-corrected chi connectivity index (χ4v) is 1.84. The van der Waals surface area contributed by atoms with E-state index >= 15 is 0 Å². The molecular formula is C15H23N3O3. The lowest BCUT2D eigenvalue weighted by Crippen LogP contribution is -2.46. The number of hydrogen-bond acceptors (Lipinski definition) is 4. The van der Waals surface area contributed by atoms with Gasteiger partial charge >= 0.3 is 0 Å². The summed E-state index contributed by atoms with van der Waals surface area (Å²) in [7, 11) is 3.04. The van der Waals surface area contributed by atoms with Gasteiger partial charge in [-0.3, -0.25) is 9.59 Å². The predicted molar refractivity (Wildman–Crippen MR) is 82.3 cm³/mol. The number of likely N-dealkylation sites (N-methyl/N-ethyl adjacent to an activating group) is 1. The summed E-state index contributed by atoms with van der Waals surface area (Å²) in [5.41, 5.74) is 6.21. The molecule has 0 aromatic heterocycles. The van der Waals surface area contributed by atoms with Crippen molar-refractivity contribution >= 4 is 17.5 Å². The van der Waals surface area contributed by atoms with Gasteiger partial charge in [0.05, 0.1) is 19.2 Å². The Bertz CT molecular complexity index is 535. The minimum atomic E-state index is -0.333. The van der Waals surface area contributed by atoms with E-state index < -0.39 is 0 Å². The lowest BCUT2D eigenvalue weighted by molar-refractivity contribution is -0.122. The van der Waals surface area contributed by atoms with Crippen LogP contribution in [0.1, 0.15) is 31.1 Å². The normalized spacial score (nSPS) is 10.9. The Hall–Kier alpha value is -2.24. The van der Waals surface area contributed by atoms with E-state index in [4.69, 9.17) is 10.5 Å². The Labute approximate surface area is 125 Å². The van der Waals surface area contributed by atoms with Crippen molar-refractivity contribution in [2.75, 3.05) is 26.4 Å². The van der Waals surface area contributed by atoms with Crippen molar-refractivity contribution in [1.29, 1.82) is 0 Å². The molecule has 0 saturated heterocycles. The highest BCUT2D eigenvalue weighted by atomic mass is 16.5. The van der Waals surface area contributed by atoms with Crippen molar-refractivity contribution in [3.05, 3.63) is 23.8 Å². The lowest BCUT2D eigenvalue weighted by atomic mass is 10.1. The number of benzene rings is 1. The first-order chi connectivity index (χ1) is 9.64. The number of anilines is 1. The van der Waals surface area contributed by atoms with Crippen LogP contribution in [0.25, 0.3) is 0 Å². The van der Waals surface area contributed by atoms with Gasteiger partial charge in [-0.1, -0.05) is 0 Å². The highest BCUT2D eigenvalue weighted by molar-refractivity contribution is 5.99. The molecule has 3 N–H and O–H groups in total. The van der Waals surface area contributed by atoms with E-state index in [2.05, 4.69) is 5.32 Å². The van der Waals surface area contributed by atoms with Crippen LogP contribution in [0.4, 0.5) is 5.69 Å². The smallest absolute Gasteiger partial charge is 0.257 e. The molecule has 1 aromatic carbocycles. The largest absolute Gasteiger partial charge is 0.496 e. The van der Waals surface area contributed by atoms with Gasteiger partial charge in [-0.05, 0) is 32.9 Å². The molecule has 2 amide bonds. The van der Waals surface area contributed by atoms with Crippen molar-refractivity contribution < 1.29 is 14.3 Å². The molecule has 0 heterocycles. The summed E-state index contributed by atoms with van der Waals surface area (Å²) < 4.78 is 5.15. The summed E-state index contributed by atoms with van der Waals surface area (Å²) in [6, 6.07) is 4.80. The summed E-state index contributed by atoms with van der Waals surface area (Å²) >= 11 is 0. The molecule has 116 valence electrons. The second-order valence-corrected chi connectivity index (χ2v) is 5.92. The van der Waals surface area contributed by atoms with E-state index in [1.165, 1.54) is 12.0 Å². The molecule has 1 aromatic rings. The van der Waals surface area contributed by atoms with Gasteiger partial charge in [0.2, 0.25) is 5.91 Å². The molecule has 1 rings (SSSR count). The third-order valence-electron chi connectivity index (χ3n) is 2.70. The Balaban J connectivity index is 2.81. The van der Waals surface area contributed by atoms with Crippen molar-refractivity contribution in [1.82, 2.24) is 10.2 Å². The number of nitrogen functional groups attached to an aromatic ring is 1. The molecule has 0 atom stereocenters. The standard InChI is InChI=1S/C15H23N3O3/c1-15(2,3)17-13(19)9-18(4)14(20)11-7-6-10(16)8-12(11)21-5/h6-8H,9,16H2,1-5H3,(H,17,19). The van der Waals surface area contributed by atoms with E-state index in [0.29, 0.717) is 17.0 Å². The van der Waals surface area contributed by atoms with Gasteiger partial charge in [0.25, 0.3) is 5.91 Å². The summed E-state index contributed by atoms with van der Waals surface area (Å²) in [5.74, 6) is -0.119. The third kappa shape index (κ3) is 4.98. The van der Waals surface area contributed by atoms with Gasteiger partial charge in [0.1, 0.15) is 5.75 Å². The van der Waals surface area contributed by atoms with Gasteiger partial charge in [0.15, 0.2) is 0 Å². The van der Waals surface area contributed by atoms with Crippen molar-refractivity contribution in [3.63, 3.8) is 0 Å². The number of carbonyl (C=O) groups excluding carboxylic acids is 2. The van der Waals surface area contributed by atoms with Crippen molar-refractivity contribution in [3.8, 4) is 5.75 Å². The van der Waals surface area contributed by atoms with Crippen LogP contribution in [-0.4, -0.2) is 43.0 Å². The van der Waals surface area contributed by atoms with Crippen molar-refractivity contribution in [2.24, 2.45) is 0 Å². The maximum atomic E-state index is 12.4. The van der Waals surface area contributed by atoms with Gasteiger partial charge < -0.3 is 20.7 Å². The van der Waals surface area contributed by atoms with Crippen LogP contribution in [0.2, 0.25) is 0 Å². The zero-order chi connectivity index (χ0) is 16.2. The zero-order valence-corrected chi connectivity index (χ0v) is 13.2. The summed E-state index contributed by atoms with van der Waals surface area (Å²) in [6.45, 7) is 5.63.